The van der Waals surface area contributed by atoms with Gasteiger partial charge in [-0.25, -0.2) is 0 Å². The van der Waals surface area contributed by atoms with Gasteiger partial charge in [-0.05, 0) is 48.3 Å². The summed E-state index contributed by atoms with van der Waals surface area (Å²) in [5.74, 6) is -1.57. The van der Waals surface area contributed by atoms with Gasteiger partial charge in [0.25, 0.3) is 0 Å². The van der Waals surface area contributed by atoms with Crippen LogP contribution in [0.25, 0.3) is 0 Å². The molecule has 1 aromatic carbocycles. The summed E-state index contributed by atoms with van der Waals surface area (Å²) in [6.07, 6.45) is 8.88. The van der Waals surface area contributed by atoms with Crippen LogP contribution in [0.1, 0.15) is 45.1 Å². The maximum Gasteiger partial charge on any atom is 0.235 e. The average Bonchev–Trinajstić information content (AvgIpc) is 3.11. The monoisotopic (exact) mass is 463 g/mol. The number of allylic oxidation sites excluding steroid dienone is 2. The Balaban J connectivity index is 1.83. The maximum atomic E-state index is 13.9. The Morgan fingerprint density at radius 2 is 1.82 bits per heavy atom. The third-order valence-corrected chi connectivity index (χ3v) is 8.28. The summed E-state index contributed by atoms with van der Waals surface area (Å²) in [5.41, 5.74) is 0.306. The first-order valence-electron chi connectivity index (χ1n) is 12.6. The highest BCUT2D eigenvalue weighted by Crippen LogP contribution is 2.56. The largest absolute Gasteiger partial charge is 0.389 e. The van der Waals surface area contributed by atoms with Gasteiger partial charge in [0.1, 0.15) is 5.41 Å². The third-order valence-electron chi connectivity index (χ3n) is 8.28. The average molecular weight is 464 g/mol. The number of aliphatic hydroxyl groups excluding tert-OH is 2. The van der Waals surface area contributed by atoms with E-state index in [9.17, 15) is 19.8 Å². The lowest BCUT2D eigenvalue weighted by molar-refractivity contribution is -0.148. The Bertz CT molecular complexity index is 983. The number of carbonyl (C=O) groups is 2. The summed E-state index contributed by atoms with van der Waals surface area (Å²) < 4.78 is 0. The van der Waals surface area contributed by atoms with Crippen molar-refractivity contribution in [3.63, 3.8) is 0 Å². The van der Waals surface area contributed by atoms with Crippen LogP contribution >= 0.6 is 0 Å². The molecule has 3 N–H and O–H groups in total. The van der Waals surface area contributed by atoms with Gasteiger partial charge in [0, 0.05) is 17.9 Å². The molecule has 0 aromatic heterocycles. The van der Waals surface area contributed by atoms with E-state index in [-0.39, 0.29) is 29.6 Å². The van der Waals surface area contributed by atoms with Gasteiger partial charge >= 0.3 is 0 Å². The lowest BCUT2D eigenvalue weighted by atomic mass is 9.52. The van der Waals surface area contributed by atoms with Crippen molar-refractivity contribution in [1.82, 2.24) is 5.32 Å². The fourth-order valence-corrected chi connectivity index (χ4v) is 6.37. The van der Waals surface area contributed by atoms with Crippen molar-refractivity contribution in [3.8, 4) is 0 Å². The van der Waals surface area contributed by atoms with Gasteiger partial charge < -0.3 is 15.5 Å². The molecule has 1 aromatic rings. The number of hydrogen-bond donors (Lipinski definition) is 3. The van der Waals surface area contributed by atoms with Crippen LogP contribution in [0.15, 0.2) is 66.8 Å². The molecule has 0 unspecified atom stereocenters. The Hall–Kier alpha value is -2.50. The number of nitrogens with one attached hydrogen (secondary N) is 1. The molecule has 4 rings (SSSR count). The Kier molecular flexibility index (Phi) is 7.25. The van der Waals surface area contributed by atoms with Gasteiger partial charge in [-0.15, -0.1) is 0 Å². The van der Waals surface area contributed by atoms with Crippen LogP contribution in [-0.4, -0.2) is 40.2 Å². The zero-order chi connectivity index (χ0) is 24.5. The number of rotatable bonds is 2. The molecule has 1 amide bonds. The zero-order valence-corrected chi connectivity index (χ0v) is 20.2. The van der Waals surface area contributed by atoms with Gasteiger partial charge in [-0.3, -0.25) is 9.59 Å². The first-order valence-corrected chi connectivity index (χ1v) is 12.6. The van der Waals surface area contributed by atoms with E-state index < -0.39 is 23.5 Å². The van der Waals surface area contributed by atoms with E-state index in [1.54, 1.807) is 0 Å². The maximum absolute atomic E-state index is 13.9. The lowest BCUT2D eigenvalue weighted by Crippen LogP contribution is -2.58. The van der Waals surface area contributed by atoms with Crippen LogP contribution in [0.2, 0.25) is 0 Å². The number of ketones is 1. The molecule has 1 aliphatic heterocycles. The molecule has 3 aliphatic rings. The fourth-order valence-electron chi connectivity index (χ4n) is 6.37. The van der Waals surface area contributed by atoms with Gasteiger partial charge in [0.05, 0.1) is 12.2 Å². The molecule has 182 valence electrons. The van der Waals surface area contributed by atoms with E-state index in [1.165, 1.54) is 12.2 Å². The zero-order valence-electron chi connectivity index (χ0n) is 20.2. The van der Waals surface area contributed by atoms with Gasteiger partial charge in [-0.2, -0.15) is 0 Å². The van der Waals surface area contributed by atoms with E-state index in [1.807, 2.05) is 49.4 Å². The summed E-state index contributed by atoms with van der Waals surface area (Å²) in [5, 5.41) is 24.9. The van der Waals surface area contributed by atoms with Crippen molar-refractivity contribution in [2.24, 2.45) is 29.1 Å². The van der Waals surface area contributed by atoms with Crippen LogP contribution in [0.5, 0.6) is 0 Å². The molecule has 1 heterocycles. The number of benzene rings is 1. The second-order valence-corrected chi connectivity index (χ2v) is 10.5. The highest BCUT2D eigenvalue weighted by Gasteiger charge is 2.68. The Labute approximate surface area is 202 Å². The molecule has 2 fully saturated rings. The van der Waals surface area contributed by atoms with E-state index in [4.69, 9.17) is 0 Å². The summed E-state index contributed by atoms with van der Waals surface area (Å²) in [7, 11) is 0. The van der Waals surface area contributed by atoms with Crippen LogP contribution in [0, 0.1) is 29.1 Å². The molecule has 5 nitrogen and oxygen atoms in total. The first kappa shape index (κ1) is 24.6. The van der Waals surface area contributed by atoms with Gasteiger partial charge in [0.15, 0.2) is 5.78 Å². The normalized spacial score (nSPS) is 40.7. The van der Waals surface area contributed by atoms with E-state index >= 15 is 0 Å². The smallest absolute Gasteiger partial charge is 0.235 e. The predicted octanol–water partition coefficient (Wildman–Crippen LogP) is 3.77. The molecular formula is C29H37NO4. The fraction of sp³-hybridized carbons (Fsp3) is 0.517. The molecular weight excluding hydrogens is 426 g/mol. The minimum absolute atomic E-state index is 0.232. The van der Waals surface area contributed by atoms with Crippen LogP contribution in [-0.2, 0) is 16.0 Å². The van der Waals surface area contributed by atoms with Crippen molar-refractivity contribution in [2.45, 2.75) is 64.2 Å². The van der Waals surface area contributed by atoms with Crippen molar-refractivity contribution in [2.75, 3.05) is 0 Å². The quantitative estimate of drug-likeness (QED) is 0.460. The summed E-state index contributed by atoms with van der Waals surface area (Å²) in [6, 6.07) is 9.68. The summed E-state index contributed by atoms with van der Waals surface area (Å²) in [6.45, 7) is 8.32. The van der Waals surface area contributed by atoms with Crippen molar-refractivity contribution in [3.05, 3.63) is 72.4 Å². The van der Waals surface area contributed by atoms with Gasteiger partial charge in [0.2, 0.25) is 5.91 Å². The van der Waals surface area contributed by atoms with Crippen LogP contribution in [0.3, 0.4) is 0 Å². The molecule has 1 saturated carbocycles. The van der Waals surface area contributed by atoms with Crippen LogP contribution in [0.4, 0.5) is 0 Å². The predicted molar refractivity (Wildman–Crippen MR) is 133 cm³/mol. The standard InChI is InChI=1S/C29H37NO4/c1-18-9-7-13-22(31)15-16-25(32)29-23(14-8-10-18)27(33)20(3)19(2)26(29)24(30-28(29)34)17-21-11-5-4-6-12-21/h4-6,8,11-12,14-16,18-19,22-24,26-27,31,33H,3,7,9-10,13,17H2,1-2H3,(H,30,34)/b14-8+,16-15+/t18-,19-,22-,23+,24+,26+,27-,29-/m1/s1. The first-order chi connectivity index (χ1) is 16.3. The Morgan fingerprint density at radius 3 is 2.56 bits per heavy atom. The SMILES string of the molecule is C=C1[C@@H](C)[C@H]2[C@H](Cc3ccccc3)NC(=O)[C@]23C(=O)/C=C/[C@H](O)CCC[C@@H](C)C/C=C/[C@H]3[C@@H]1O. The topological polar surface area (TPSA) is 86.6 Å². The second kappa shape index (κ2) is 10.0. The summed E-state index contributed by atoms with van der Waals surface area (Å²) >= 11 is 0. The van der Waals surface area contributed by atoms with Crippen LogP contribution < -0.4 is 5.32 Å². The van der Waals surface area contributed by atoms with E-state index in [0.717, 1.165) is 24.8 Å². The third kappa shape index (κ3) is 4.32. The molecule has 1 saturated heterocycles. The number of aliphatic hydroxyl groups is 2. The minimum Gasteiger partial charge on any atom is -0.389 e. The van der Waals surface area contributed by atoms with Gasteiger partial charge in [-0.1, -0.05) is 81.8 Å². The molecule has 5 heteroatoms. The Morgan fingerprint density at radius 1 is 1.09 bits per heavy atom. The molecule has 8 atom stereocenters. The lowest BCUT2D eigenvalue weighted by Gasteiger charge is -2.48. The number of hydrogen-bond acceptors (Lipinski definition) is 4. The molecule has 0 bridgehead atoms. The van der Waals surface area contributed by atoms with E-state index in [0.29, 0.717) is 24.3 Å². The van der Waals surface area contributed by atoms with Crippen molar-refractivity contribution < 1.29 is 19.8 Å². The second-order valence-electron chi connectivity index (χ2n) is 10.5. The van der Waals surface area contributed by atoms with Crippen molar-refractivity contribution in [1.29, 1.82) is 0 Å². The highest BCUT2D eigenvalue weighted by atomic mass is 16.3. The number of carbonyl (C=O) groups excluding carboxylic acids is 2. The molecule has 1 spiro atoms. The minimum atomic E-state index is -1.44. The summed E-state index contributed by atoms with van der Waals surface area (Å²) in [4.78, 5) is 27.7. The number of amides is 1. The molecule has 34 heavy (non-hydrogen) atoms. The van der Waals surface area contributed by atoms with E-state index in [2.05, 4.69) is 18.8 Å². The molecule has 2 aliphatic carbocycles. The highest BCUT2D eigenvalue weighted by molar-refractivity contribution is 6.13. The molecule has 0 radical (unpaired) electrons. The van der Waals surface area contributed by atoms with Crippen molar-refractivity contribution >= 4 is 11.7 Å².